The van der Waals surface area contributed by atoms with E-state index in [2.05, 4.69) is 5.16 Å². The van der Waals surface area contributed by atoms with Crippen LogP contribution >= 0.6 is 11.3 Å². The Labute approximate surface area is 67.7 Å². The van der Waals surface area contributed by atoms with E-state index in [9.17, 15) is 0 Å². The molecule has 1 heterocycles. The van der Waals surface area contributed by atoms with Crippen LogP contribution in [-0.2, 0) is 0 Å². The Balaban J connectivity index is 2.72. The normalized spacial score (nSPS) is 11.9. The zero-order valence-corrected chi connectivity index (χ0v) is 6.51. The zero-order chi connectivity index (χ0) is 8.10. The molecule has 1 rings (SSSR count). The minimum atomic E-state index is 0.150. The smallest absolute Gasteiger partial charge is 0.113 e. The van der Waals surface area contributed by atoms with Crippen molar-refractivity contribution in [3.63, 3.8) is 0 Å². The largest absolute Gasteiger partial charge is 0.411 e. The van der Waals surface area contributed by atoms with Crippen LogP contribution in [0.1, 0.15) is 4.88 Å². The molecule has 0 spiro atoms. The maximum Gasteiger partial charge on any atom is 0.113 e. The van der Waals surface area contributed by atoms with Gasteiger partial charge in [-0.25, -0.2) is 0 Å². The molecule has 3 N–H and O–H groups in total. The van der Waals surface area contributed by atoms with Crippen LogP contribution in [0.5, 0.6) is 0 Å². The molecule has 1 aromatic rings. The molecule has 60 valence electrons. The van der Waals surface area contributed by atoms with E-state index < -0.39 is 0 Å². The van der Waals surface area contributed by atoms with Gasteiger partial charge in [-0.3, -0.25) is 0 Å². The molecule has 0 radical (unpaired) electrons. The lowest BCUT2D eigenvalue weighted by Crippen LogP contribution is -2.19. The fourth-order valence-electron chi connectivity index (χ4n) is 0.689. The van der Waals surface area contributed by atoms with Crippen molar-refractivity contribution in [3.05, 3.63) is 22.4 Å². The SMILES string of the molecule is O/N=C(\CNO)c1cccs1. The van der Waals surface area contributed by atoms with Crippen molar-refractivity contribution in [1.29, 1.82) is 0 Å². The number of nitrogens with zero attached hydrogens (tertiary/aromatic N) is 1. The summed E-state index contributed by atoms with van der Waals surface area (Å²) in [7, 11) is 0. The van der Waals surface area contributed by atoms with E-state index >= 15 is 0 Å². The second-order valence-electron chi connectivity index (χ2n) is 1.86. The van der Waals surface area contributed by atoms with Gasteiger partial charge >= 0.3 is 0 Å². The first kappa shape index (κ1) is 8.19. The van der Waals surface area contributed by atoms with E-state index in [-0.39, 0.29) is 6.54 Å². The van der Waals surface area contributed by atoms with Crippen molar-refractivity contribution in [2.45, 2.75) is 0 Å². The van der Waals surface area contributed by atoms with Gasteiger partial charge in [0.1, 0.15) is 5.71 Å². The second-order valence-corrected chi connectivity index (χ2v) is 2.81. The predicted octanol–water partition coefficient (Wildman–Crippen LogP) is 0.905. The summed E-state index contributed by atoms with van der Waals surface area (Å²) in [5.74, 6) is 0. The Hall–Kier alpha value is -0.910. The molecule has 0 fully saturated rings. The summed E-state index contributed by atoms with van der Waals surface area (Å²) in [6.45, 7) is 0.150. The van der Waals surface area contributed by atoms with Gasteiger partial charge in [0.15, 0.2) is 0 Å². The van der Waals surface area contributed by atoms with E-state index in [1.807, 2.05) is 23.0 Å². The molecule has 0 saturated heterocycles. The fraction of sp³-hybridized carbons (Fsp3) is 0.167. The maximum absolute atomic E-state index is 8.47. The maximum atomic E-state index is 8.47. The third-order valence-electron chi connectivity index (χ3n) is 1.17. The van der Waals surface area contributed by atoms with Gasteiger partial charge in [0.25, 0.3) is 0 Å². The molecule has 0 saturated carbocycles. The topological polar surface area (TPSA) is 64.9 Å². The number of thiophene rings is 1. The number of hydrogen-bond acceptors (Lipinski definition) is 5. The number of nitrogens with one attached hydrogen (secondary N) is 1. The molecule has 0 aliphatic carbocycles. The Morgan fingerprint density at radius 3 is 3.00 bits per heavy atom. The molecule has 0 atom stereocenters. The van der Waals surface area contributed by atoms with Crippen molar-refractivity contribution in [2.75, 3.05) is 6.54 Å². The molecule has 0 amide bonds. The average Bonchev–Trinajstić information content (AvgIpc) is 2.52. The van der Waals surface area contributed by atoms with E-state index in [0.29, 0.717) is 5.71 Å². The van der Waals surface area contributed by atoms with Gasteiger partial charge in [-0.15, -0.1) is 11.3 Å². The van der Waals surface area contributed by atoms with Crippen molar-refractivity contribution >= 4 is 17.0 Å². The van der Waals surface area contributed by atoms with Gasteiger partial charge in [-0.1, -0.05) is 11.2 Å². The molecule has 0 aliphatic heterocycles. The first-order chi connectivity index (χ1) is 5.38. The molecule has 0 bridgehead atoms. The monoisotopic (exact) mass is 172 g/mol. The van der Waals surface area contributed by atoms with Gasteiger partial charge < -0.3 is 10.4 Å². The highest BCUT2D eigenvalue weighted by molar-refractivity contribution is 7.12. The van der Waals surface area contributed by atoms with Gasteiger partial charge in [-0.2, -0.15) is 5.48 Å². The number of rotatable bonds is 3. The van der Waals surface area contributed by atoms with Gasteiger partial charge in [-0.05, 0) is 11.4 Å². The summed E-state index contributed by atoms with van der Waals surface area (Å²) in [5, 5.41) is 21.7. The molecule has 11 heavy (non-hydrogen) atoms. The third-order valence-corrected chi connectivity index (χ3v) is 2.09. The van der Waals surface area contributed by atoms with Crippen LogP contribution in [0.15, 0.2) is 22.7 Å². The predicted molar refractivity (Wildman–Crippen MR) is 42.4 cm³/mol. The van der Waals surface area contributed by atoms with Gasteiger partial charge in [0, 0.05) is 0 Å². The van der Waals surface area contributed by atoms with Crippen LogP contribution in [0.2, 0.25) is 0 Å². The molecule has 1 aromatic heterocycles. The highest BCUT2D eigenvalue weighted by Crippen LogP contribution is 2.09. The molecule has 0 aromatic carbocycles. The molecule has 0 unspecified atom stereocenters. The number of hydrogen-bond donors (Lipinski definition) is 3. The lowest BCUT2D eigenvalue weighted by molar-refractivity contribution is 0.182. The standard InChI is InChI=1S/C6H8N2O2S/c9-7-4-5(8-10)6-2-1-3-11-6/h1-3,7,9-10H,4H2/b8-5+. The Bertz CT molecular complexity index is 233. The van der Waals surface area contributed by atoms with Crippen LogP contribution in [0.3, 0.4) is 0 Å². The molecular weight excluding hydrogens is 164 g/mol. The van der Waals surface area contributed by atoms with E-state index in [1.54, 1.807) is 0 Å². The van der Waals surface area contributed by atoms with Gasteiger partial charge in [0.05, 0.1) is 11.4 Å². The van der Waals surface area contributed by atoms with Crippen LogP contribution in [0, 0.1) is 0 Å². The molecule has 4 nitrogen and oxygen atoms in total. The van der Waals surface area contributed by atoms with Crippen molar-refractivity contribution in [2.24, 2.45) is 5.16 Å². The van der Waals surface area contributed by atoms with Crippen LogP contribution in [0.4, 0.5) is 0 Å². The van der Waals surface area contributed by atoms with Crippen molar-refractivity contribution in [3.8, 4) is 0 Å². The highest BCUT2D eigenvalue weighted by atomic mass is 32.1. The number of oxime groups is 1. The Morgan fingerprint density at radius 1 is 1.73 bits per heavy atom. The van der Waals surface area contributed by atoms with Crippen LogP contribution in [-0.4, -0.2) is 22.7 Å². The molecular formula is C6H8N2O2S. The third kappa shape index (κ3) is 2.01. The first-order valence-corrected chi connectivity index (χ1v) is 3.88. The lowest BCUT2D eigenvalue weighted by Gasteiger charge is -1.97. The van der Waals surface area contributed by atoms with Crippen LogP contribution in [0.25, 0.3) is 0 Å². The van der Waals surface area contributed by atoms with E-state index in [1.165, 1.54) is 11.3 Å². The quantitative estimate of drug-likeness (QED) is 0.360. The minimum Gasteiger partial charge on any atom is -0.411 e. The van der Waals surface area contributed by atoms with Crippen LogP contribution < -0.4 is 5.48 Å². The molecule has 0 aliphatic rings. The Kier molecular flexibility index (Phi) is 3.03. The summed E-state index contributed by atoms with van der Waals surface area (Å²) >= 11 is 1.45. The fourth-order valence-corrected chi connectivity index (χ4v) is 1.40. The summed E-state index contributed by atoms with van der Waals surface area (Å²) in [6.07, 6.45) is 0. The summed E-state index contributed by atoms with van der Waals surface area (Å²) < 4.78 is 0. The molecule has 5 heteroatoms. The second kappa shape index (κ2) is 4.07. The summed E-state index contributed by atoms with van der Waals surface area (Å²) in [6, 6.07) is 3.67. The van der Waals surface area contributed by atoms with E-state index in [4.69, 9.17) is 10.4 Å². The Morgan fingerprint density at radius 2 is 2.55 bits per heavy atom. The van der Waals surface area contributed by atoms with Crippen molar-refractivity contribution < 1.29 is 10.4 Å². The first-order valence-electron chi connectivity index (χ1n) is 3.00. The van der Waals surface area contributed by atoms with Crippen molar-refractivity contribution in [1.82, 2.24) is 5.48 Å². The summed E-state index contributed by atoms with van der Waals surface area (Å²) in [4.78, 5) is 0.842. The zero-order valence-electron chi connectivity index (χ0n) is 5.69. The van der Waals surface area contributed by atoms with E-state index in [0.717, 1.165) is 4.88 Å². The highest BCUT2D eigenvalue weighted by Gasteiger charge is 2.03. The lowest BCUT2D eigenvalue weighted by atomic mass is 10.3. The average molecular weight is 172 g/mol. The van der Waals surface area contributed by atoms with Gasteiger partial charge in [0.2, 0.25) is 0 Å². The minimum absolute atomic E-state index is 0.150. The number of hydroxylamine groups is 1. The summed E-state index contributed by atoms with van der Waals surface area (Å²) in [5.41, 5.74) is 2.36.